The summed E-state index contributed by atoms with van der Waals surface area (Å²) in [7, 11) is 0. The van der Waals surface area contributed by atoms with E-state index >= 15 is 0 Å². The Morgan fingerprint density at radius 3 is 3.20 bits per heavy atom. The number of halogens is 1. The third-order valence-corrected chi connectivity index (χ3v) is 3.41. The van der Waals surface area contributed by atoms with Crippen LogP contribution in [0.2, 0.25) is 5.02 Å². The Bertz CT molecular complexity index is 654. The zero-order valence-corrected chi connectivity index (χ0v) is 11.4. The maximum atomic E-state index is 8.69. The van der Waals surface area contributed by atoms with Crippen molar-refractivity contribution in [1.29, 1.82) is 0 Å². The van der Waals surface area contributed by atoms with Crippen LogP contribution in [0.5, 0.6) is 0 Å². The van der Waals surface area contributed by atoms with Gasteiger partial charge < -0.3 is 14.9 Å². The van der Waals surface area contributed by atoms with E-state index < -0.39 is 0 Å². The first-order valence-electron chi connectivity index (χ1n) is 6.28. The highest BCUT2D eigenvalue weighted by atomic mass is 35.5. The Hall–Kier alpha value is -1.76. The van der Waals surface area contributed by atoms with Crippen LogP contribution in [0.3, 0.4) is 0 Å². The maximum Gasteiger partial charge on any atom is 0.240 e. The third-order valence-electron chi connectivity index (χ3n) is 3.00. The molecule has 0 spiro atoms. The number of fused-ring (bicyclic) bond motifs is 1. The van der Waals surface area contributed by atoms with Gasteiger partial charge in [-0.3, -0.25) is 4.98 Å². The molecule has 0 radical (unpaired) electrons. The van der Waals surface area contributed by atoms with E-state index in [1.807, 2.05) is 12.2 Å². The number of pyridine rings is 1. The van der Waals surface area contributed by atoms with Crippen LogP contribution < -0.4 is 5.32 Å². The topological polar surface area (TPSA) is 84.1 Å². The van der Waals surface area contributed by atoms with Crippen LogP contribution in [0, 0.1) is 0 Å². The van der Waals surface area contributed by atoms with Gasteiger partial charge in [0.15, 0.2) is 0 Å². The molecule has 2 N–H and O–H groups in total. The van der Waals surface area contributed by atoms with E-state index in [2.05, 4.69) is 20.4 Å². The van der Waals surface area contributed by atoms with Gasteiger partial charge in [0.2, 0.25) is 11.7 Å². The average molecular weight is 293 g/mol. The van der Waals surface area contributed by atoms with Gasteiger partial charge in [0, 0.05) is 24.7 Å². The van der Waals surface area contributed by atoms with Crippen LogP contribution in [0.25, 0.3) is 17.5 Å². The van der Waals surface area contributed by atoms with Crippen molar-refractivity contribution in [1.82, 2.24) is 20.4 Å². The summed E-state index contributed by atoms with van der Waals surface area (Å²) in [5.41, 5.74) is 2.55. The van der Waals surface area contributed by atoms with Gasteiger partial charge in [-0.1, -0.05) is 28.9 Å². The minimum atomic E-state index is 0.0634. The average Bonchev–Trinajstić information content (AvgIpc) is 3.08. The van der Waals surface area contributed by atoms with Crippen molar-refractivity contribution >= 4 is 17.7 Å². The van der Waals surface area contributed by atoms with Gasteiger partial charge >= 0.3 is 0 Å². The van der Waals surface area contributed by atoms with Crippen LogP contribution in [0.15, 0.2) is 16.8 Å². The summed E-state index contributed by atoms with van der Waals surface area (Å²) in [5, 5.41) is 16.2. The summed E-state index contributed by atoms with van der Waals surface area (Å²) < 4.78 is 5.13. The van der Waals surface area contributed by atoms with E-state index in [1.165, 1.54) is 0 Å². The molecule has 1 aliphatic carbocycles. The monoisotopic (exact) mass is 292 g/mol. The van der Waals surface area contributed by atoms with Crippen molar-refractivity contribution in [3.8, 4) is 11.4 Å². The molecule has 0 bridgehead atoms. The molecule has 0 fully saturated rings. The number of aliphatic hydroxyl groups is 1. The highest BCUT2D eigenvalue weighted by Crippen LogP contribution is 2.33. The van der Waals surface area contributed by atoms with Gasteiger partial charge in [-0.25, -0.2) is 0 Å². The van der Waals surface area contributed by atoms with E-state index in [4.69, 9.17) is 21.2 Å². The van der Waals surface area contributed by atoms with Gasteiger partial charge in [-0.2, -0.15) is 4.98 Å². The lowest BCUT2D eigenvalue weighted by molar-refractivity contribution is 0.286. The highest BCUT2D eigenvalue weighted by molar-refractivity contribution is 6.34. The Morgan fingerprint density at radius 1 is 1.45 bits per heavy atom. The fraction of sp³-hybridized carbons (Fsp3) is 0.308. The lowest BCUT2D eigenvalue weighted by Gasteiger charge is -2.04. The Labute approximate surface area is 120 Å². The van der Waals surface area contributed by atoms with Crippen LogP contribution in [0.4, 0.5) is 0 Å². The minimum Gasteiger partial charge on any atom is -0.395 e. The third kappa shape index (κ3) is 2.45. The molecule has 0 atom stereocenters. The number of allylic oxidation sites excluding steroid dienone is 1. The largest absolute Gasteiger partial charge is 0.395 e. The zero-order valence-electron chi connectivity index (χ0n) is 10.6. The maximum absolute atomic E-state index is 8.69. The quantitative estimate of drug-likeness (QED) is 0.811. The second-order valence-corrected chi connectivity index (χ2v) is 4.74. The van der Waals surface area contributed by atoms with E-state index in [-0.39, 0.29) is 6.61 Å². The van der Waals surface area contributed by atoms with Crippen molar-refractivity contribution in [3.63, 3.8) is 0 Å². The van der Waals surface area contributed by atoms with Crippen LogP contribution >= 0.6 is 11.6 Å². The molecule has 20 heavy (non-hydrogen) atoms. The molecule has 0 saturated heterocycles. The van der Waals surface area contributed by atoms with E-state index in [0.717, 1.165) is 17.7 Å². The molecular weight excluding hydrogens is 280 g/mol. The van der Waals surface area contributed by atoms with Crippen molar-refractivity contribution in [2.45, 2.75) is 13.0 Å². The molecular formula is C13H13ClN4O2. The second-order valence-electron chi connectivity index (χ2n) is 4.36. The number of nitrogens with zero attached hydrogens (tertiary/aromatic N) is 3. The first-order chi connectivity index (χ1) is 9.79. The first kappa shape index (κ1) is 13.2. The Morgan fingerprint density at radius 2 is 2.35 bits per heavy atom. The Kier molecular flexibility index (Phi) is 3.77. The zero-order chi connectivity index (χ0) is 13.9. The van der Waals surface area contributed by atoms with Crippen molar-refractivity contribution in [3.05, 3.63) is 34.4 Å². The SMILES string of the molecule is OCCNCc1nc(-c2cnc3c(c2Cl)C=CC3)no1. The van der Waals surface area contributed by atoms with Gasteiger partial charge in [-0.15, -0.1) is 0 Å². The molecule has 0 amide bonds. The first-order valence-corrected chi connectivity index (χ1v) is 6.66. The summed E-state index contributed by atoms with van der Waals surface area (Å²) in [6.45, 7) is 0.945. The van der Waals surface area contributed by atoms with Gasteiger partial charge in [0.25, 0.3) is 0 Å². The fourth-order valence-corrected chi connectivity index (χ4v) is 2.33. The lowest BCUT2D eigenvalue weighted by Crippen LogP contribution is -2.17. The van der Waals surface area contributed by atoms with E-state index in [0.29, 0.717) is 35.4 Å². The number of hydrogen-bond donors (Lipinski definition) is 2. The van der Waals surface area contributed by atoms with Crippen molar-refractivity contribution < 1.29 is 9.63 Å². The second kappa shape index (κ2) is 5.70. The number of rotatable bonds is 5. The molecule has 2 heterocycles. The predicted molar refractivity (Wildman–Crippen MR) is 74.1 cm³/mol. The molecule has 0 aliphatic heterocycles. The van der Waals surface area contributed by atoms with E-state index in [9.17, 15) is 0 Å². The molecule has 6 nitrogen and oxygen atoms in total. The minimum absolute atomic E-state index is 0.0634. The Balaban J connectivity index is 1.85. The summed E-state index contributed by atoms with van der Waals surface area (Å²) in [5.74, 6) is 0.868. The lowest BCUT2D eigenvalue weighted by atomic mass is 10.1. The van der Waals surface area contributed by atoms with E-state index in [1.54, 1.807) is 6.20 Å². The van der Waals surface area contributed by atoms with Crippen LogP contribution in [0.1, 0.15) is 17.1 Å². The molecule has 2 aromatic rings. The van der Waals surface area contributed by atoms with Gasteiger partial charge in [-0.05, 0) is 0 Å². The van der Waals surface area contributed by atoms with Crippen molar-refractivity contribution in [2.24, 2.45) is 0 Å². The van der Waals surface area contributed by atoms with Crippen LogP contribution in [-0.4, -0.2) is 33.4 Å². The van der Waals surface area contributed by atoms with Gasteiger partial charge in [0.1, 0.15) is 0 Å². The fourth-order valence-electron chi connectivity index (χ4n) is 2.03. The molecule has 7 heteroatoms. The number of aromatic nitrogens is 3. The van der Waals surface area contributed by atoms with Crippen molar-refractivity contribution in [2.75, 3.05) is 13.2 Å². The smallest absolute Gasteiger partial charge is 0.240 e. The summed E-state index contributed by atoms with van der Waals surface area (Å²) in [6.07, 6.45) is 6.45. The molecule has 0 aromatic carbocycles. The normalized spacial score (nSPS) is 12.9. The van der Waals surface area contributed by atoms with Gasteiger partial charge in [0.05, 0.1) is 29.4 Å². The number of aliphatic hydroxyl groups excluding tert-OH is 1. The summed E-state index contributed by atoms with van der Waals surface area (Å²) >= 11 is 6.36. The molecule has 3 rings (SSSR count). The predicted octanol–water partition coefficient (Wildman–Crippen LogP) is 1.44. The highest BCUT2D eigenvalue weighted by Gasteiger charge is 2.18. The molecule has 0 unspecified atom stereocenters. The van der Waals surface area contributed by atoms with Crippen LogP contribution in [-0.2, 0) is 13.0 Å². The number of nitrogens with one attached hydrogen (secondary N) is 1. The standard InChI is InChI=1S/C13H13ClN4O2/c14-12-8-2-1-3-10(8)16-6-9(12)13-17-11(20-18-13)7-15-4-5-19/h1-2,6,15,19H,3-5,7H2. The number of hydrogen-bond acceptors (Lipinski definition) is 6. The molecule has 104 valence electrons. The molecule has 1 aliphatic rings. The summed E-state index contributed by atoms with van der Waals surface area (Å²) in [6, 6.07) is 0. The molecule has 0 saturated carbocycles. The molecule has 2 aromatic heterocycles. The summed E-state index contributed by atoms with van der Waals surface area (Å²) in [4.78, 5) is 8.63.